The molecular formula is C12H18N2O. The van der Waals surface area contributed by atoms with E-state index in [1.165, 1.54) is 5.56 Å². The maximum Gasteiger partial charge on any atom is 0.123 e. The molecule has 0 spiro atoms. The average Bonchev–Trinajstić information content (AvgIpc) is 2.65. The second kappa shape index (κ2) is 4.64. The Morgan fingerprint density at radius 3 is 2.93 bits per heavy atom. The van der Waals surface area contributed by atoms with Gasteiger partial charge in [0.1, 0.15) is 5.75 Å². The first-order valence-corrected chi connectivity index (χ1v) is 5.39. The Morgan fingerprint density at radius 1 is 1.47 bits per heavy atom. The van der Waals surface area contributed by atoms with E-state index in [1.807, 2.05) is 18.2 Å². The van der Waals surface area contributed by atoms with Gasteiger partial charge in [-0.05, 0) is 12.5 Å². The van der Waals surface area contributed by atoms with Crippen LogP contribution in [-0.2, 0) is 6.54 Å². The van der Waals surface area contributed by atoms with Crippen molar-refractivity contribution in [3.8, 4) is 5.75 Å². The van der Waals surface area contributed by atoms with Crippen molar-refractivity contribution in [3.63, 3.8) is 0 Å². The van der Waals surface area contributed by atoms with Gasteiger partial charge < -0.3 is 10.5 Å². The van der Waals surface area contributed by atoms with Crippen LogP contribution in [0.5, 0.6) is 5.75 Å². The number of hydrogen-bond donors (Lipinski definition) is 1. The number of nitrogens with two attached hydrogens (primary N) is 1. The Kier molecular flexibility index (Phi) is 3.23. The number of rotatable bonds is 3. The van der Waals surface area contributed by atoms with Crippen molar-refractivity contribution >= 4 is 0 Å². The van der Waals surface area contributed by atoms with Gasteiger partial charge in [0.2, 0.25) is 0 Å². The van der Waals surface area contributed by atoms with Gasteiger partial charge >= 0.3 is 0 Å². The Morgan fingerprint density at radius 2 is 2.27 bits per heavy atom. The molecule has 1 aliphatic heterocycles. The van der Waals surface area contributed by atoms with Crippen LogP contribution in [0, 0.1) is 0 Å². The minimum atomic E-state index is 0.347. The van der Waals surface area contributed by atoms with Crippen LogP contribution >= 0.6 is 0 Å². The second-order valence-electron chi connectivity index (χ2n) is 4.10. The van der Waals surface area contributed by atoms with Crippen LogP contribution in [0.25, 0.3) is 0 Å². The molecule has 2 rings (SSSR count). The lowest BCUT2D eigenvalue weighted by Gasteiger charge is -2.16. The number of ether oxygens (including phenoxy) is 1. The minimum Gasteiger partial charge on any atom is -0.496 e. The van der Waals surface area contributed by atoms with Crippen LogP contribution in [0.3, 0.4) is 0 Å². The molecule has 1 aliphatic rings. The van der Waals surface area contributed by atoms with Gasteiger partial charge in [-0.15, -0.1) is 0 Å². The highest BCUT2D eigenvalue weighted by Gasteiger charge is 2.19. The molecule has 0 saturated carbocycles. The first-order chi connectivity index (χ1) is 7.29. The number of likely N-dealkylation sites (tertiary alicyclic amines) is 1. The summed E-state index contributed by atoms with van der Waals surface area (Å²) >= 11 is 0. The summed E-state index contributed by atoms with van der Waals surface area (Å²) in [6.07, 6.45) is 1.11. The Hall–Kier alpha value is -1.06. The molecule has 0 unspecified atom stereocenters. The van der Waals surface area contributed by atoms with E-state index in [1.54, 1.807) is 7.11 Å². The lowest BCUT2D eigenvalue weighted by molar-refractivity contribution is 0.317. The third kappa shape index (κ3) is 2.49. The number of benzene rings is 1. The lowest BCUT2D eigenvalue weighted by Crippen LogP contribution is -2.26. The summed E-state index contributed by atoms with van der Waals surface area (Å²) in [5.74, 6) is 0.970. The van der Waals surface area contributed by atoms with E-state index in [-0.39, 0.29) is 0 Å². The van der Waals surface area contributed by atoms with Gasteiger partial charge in [0, 0.05) is 31.2 Å². The van der Waals surface area contributed by atoms with Crippen molar-refractivity contribution < 1.29 is 4.74 Å². The normalized spacial score (nSPS) is 21.9. The minimum absolute atomic E-state index is 0.347. The van der Waals surface area contributed by atoms with E-state index in [2.05, 4.69) is 11.0 Å². The fourth-order valence-corrected chi connectivity index (χ4v) is 2.08. The first kappa shape index (κ1) is 10.5. The summed E-state index contributed by atoms with van der Waals surface area (Å²) in [7, 11) is 1.72. The molecule has 3 nitrogen and oxygen atoms in total. The molecule has 0 bridgehead atoms. The maximum atomic E-state index is 5.88. The van der Waals surface area contributed by atoms with Crippen molar-refractivity contribution in [2.45, 2.75) is 19.0 Å². The zero-order valence-corrected chi connectivity index (χ0v) is 9.15. The van der Waals surface area contributed by atoms with Gasteiger partial charge in [0.05, 0.1) is 7.11 Å². The standard InChI is InChI=1S/C12H18N2O/c1-15-12-5-3-2-4-10(12)8-14-7-6-11(13)9-14/h2-5,11H,6-9,13H2,1H3/t11-/m0/s1. The molecule has 1 aromatic rings. The number of nitrogens with zero attached hydrogens (tertiary/aromatic N) is 1. The molecule has 0 radical (unpaired) electrons. The summed E-state index contributed by atoms with van der Waals surface area (Å²) in [4.78, 5) is 2.38. The molecule has 1 fully saturated rings. The Labute approximate surface area is 90.8 Å². The molecule has 1 heterocycles. The predicted octanol–water partition coefficient (Wildman–Crippen LogP) is 1.23. The molecule has 1 atom stereocenters. The topological polar surface area (TPSA) is 38.5 Å². The highest BCUT2D eigenvalue weighted by atomic mass is 16.5. The Balaban J connectivity index is 2.04. The molecule has 1 saturated heterocycles. The SMILES string of the molecule is COc1ccccc1CN1CC[C@H](N)C1. The van der Waals surface area contributed by atoms with Crippen molar-refractivity contribution in [1.82, 2.24) is 4.90 Å². The largest absolute Gasteiger partial charge is 0.496 e. The van der Waals surface area contributed by atoms with E-state index in [0.717, 1.165) is 31.8 Å². The molecule has 15 heavy (non-hydrogen) atoms. The van der Waals surface area contributed by atoms with Crippen LogP contribution in [0.4, 0.5) is 0 Å². The predicted molar refractivity (Wildman–Crippen MR) is 60.9 cm³/mol. The zero-order chi connectivity index (χ0) is 10.7. The summed E-state index contributed by atoms with van der Waals surface area (Å²) < 4.78 is 5.32. The van der Waals surface area contributed by atoms with E-state index in [9.17, 15) is 0 Å². The number of para-hydroxylation sites is 1. The van der Waals surface area contributed by atoms with Gasteiger partial charge in [-0.25, -0.2) is 0 Å². The maximum absolute atomic E-state index is 5.88. The zero-order valence-electron chi connectivity index (χ0n) is 9.15. The van der Waals surface area contributed by atoms with Crippen LogP contribution < -0.4 is 10.5 Å². The van der Waals surface area contributed by atoms with Gasteiger partial charge in [-0.1, -0.05) is 18.2 Å². The summed E-state index contributed by atoms with van der Waals surface area (Å²) in [5.41, 5.74) is 7.12. The summed E-state index contributed by atoms with van der Waals surface area (Å²) in [6, 6.07) is 8.51. The molecule has 0 aliphatic carbocycles. The molecule has 1 aromatic carbocycles. The van der Waals surface area contributed by atoms with Crippen LogP contribution in [0.1, 0.15) is 12.0 Å². The van der Waals surface area contributed by atoms with Crippen LogP contribution in [0.2, 0.25) is 0 Å². The molecule has 2 N–H and O–H groups in total. The molecular weight excluding hydrogens is 188 g/mol. The van der Waals surface area contributed by atoms with E-state index in [4.69, 9.17) is 10.5 Å². The molecule has 0 aromatic heterocycles. The van der Waals surface area contributed by atoms with Gasteiger partial charge in [-0.3, -0.25) is 4.90 Å². The van der Waals surface area contributed by atoms with Crippen molar-refractivity contribution in [1.29, 1.82) is 0 Å². The first-order valence-electron chi connectivity index (χ1n) is 5.39. The fraction of sp³-hybridized carbons (Fsp3) is 0.500. The van der Waals surface area contributed by atoms with E-state index >= 15 is 0 Å². The third-order valence-corrected chi connectivity index (χ3v) is 2.90. The van der Waals surface area contributed by atoms with Crippen molar-refractivity contribution in [3.05, 3.63) is 29.8 Å². The lowest BCUT2D eigenvalue weighted by atomic mass is 10.2. The van der Waals surface area contributed by atoms with Crippen LogP contribution in [-0.4, -0.2) is 31.1 Å². The monoisotopic (exact) mass is 206 g/mol. The average molecular weight is 206 g/mol. The highest BCUT2D eigenvalue weighted by Crippen LogP contribution is 2.20. The summed E-state index contributed by atoms with van der Waals surface area (Å²) in [5, 5.41) is 0. The second-order valence-corrected chi connectivity index (χ2v) is 4.10. The molecule has 82 valence electrons. The smallest absolute Gasteiger partial charge is 0.123 e. The quantitative estimate of drug-likeness (QED) is 0.808. The number of hydrogen-bond acceptors (Lipinski definition) is 3. The van der Waals surface area contributed by atoms with Crippen LogP contribution in [0.15, 0.2) is 24.3 Å². The third-order valence-electron chi connectivity index (χ3n) is 2.90. The van der Waals surface area contributed by atoms with Crippen molar-refractivity contribution in [2.24, 2.45) is 5.73 Å². The summed E-state index contributed by atoms with van der Waals surface area (Å²) in [6.45, 7) is 3.04. The van der Waals surface area contributed by atoms with Gasteiger partial charge in [0.15, 0.2) is 0 Å². The molecule has 3 heteroatoms. The number of methoxy groups -OCH3 is 1. The van der Waals surface area contributed by atoms with E-state index in [0.29, 0.717) is 6.04 Å². The molecule has 0 amide bonds. The van der Waals surface area contributed by atoms with Gasteiger partial charge in [0.25, 0.3) is 0 Å². The van der Waals surface area contributed by atoms with Gasteiger partial charge in [-0.2, -0.15) is 0 Å². The fourth-order valence-electron chi connectivity index (χ4n) is 2.08. The Bertz CT molecular complexity index is 327. The van der Waals surface area contributed by atoms with E-state index < -0.39 is 0 Å². The highest BCUT2D eigenvalue weighted by molar-refractivity contribution is 5.33. The van der Waals surface area contributed by atoms with Crippen molar-refractivity contribution in [2.75, 3.05) is 20.2 Å².